The summed E-state index contributed by atoms with van der Waals surface area (Å²) in [6.45, 7) is 1.36. The van der Waals surface area contributed by atoms with Gasteiger partial charge in [0.25, 0.3) is 12.3 Å². The number of hydrogen-bond acceptors (Lipinski definition) is 3. The molecule has 0 aromatic heterocycles. The second kappa shape index (κ2) is 6.90. The Labute approximate surface area is 104 Å². The molecule has 6 heteroatoms. The van der Waals surface area contributed by atoms with Gasteiger partial charge >= 0.3 is 0 Å². The van der Waals surface area contributed by atoms with E-state index >= 15 is 0 Å². The van der Waals surface area contributed by atoms with Gasteiger partial charge in [0, 0.05) is 12.2 Å². The third-order valence-electron chi connectivity index (χ3n) is 2.31. The number of benzene rings is 1. The van der Waals surface area contributed by atoms with Gasteiger partial charge in [-0.05, 0) is 18.6 Å². The van der Waals surface area contributed by atoms with Gasteiger partial charge in [0.05, 0.1) is 12.2 Å². The molecule has 3 N–H and O–H groups in total. The van der Waals surface area contributed by atoms with Gasteiger partial charge in [-0.3, -0.25) is 4.79 Å². The zero-order valence-corrected chi connectivity index (χ0v) is 10.1. The maximum absolute atomic E-state index is 11.8. The van der Waals surface area contributed by atoms with Crippen LogP contribution in [-0.4, -0.2) is 32.1 Å². The van der Waals surface area contributed by atoms with Gasteiger partial charge in [-0.25, -0.2) is 8.78 Å². The lowest BCUT2D eigenvalue weighted by Gasteiger charge is -2.10. The van der Waals surface area contributed by atoms with Crippen molar-refractivity contribution in [2.24, 2.45) is 0 Å². The minimum atomic E-state index is -2.49. The molecule has 1 aromatic carbocycles. The molecular formula is C12H16F2N2O2. The molecule has 0 aliphatic rings. The van der Waals surface area contributed by atoms with Crippen LogP contribution in [0, 0.1) is 6.92 Å². The molecule has 18 heavy (non-hydrogen) atoms. The van der Waals surface area contributed by atoms with Gasteiger partial charge < -0.3 is 15.8 Å². The highest BCUT2D eigenvalue weighted by Crippen LogP contribution is 2.15. The van der Waals surface area contributed by atoms with E-state index in [-0.39, 0.29) is 19.1 Å². The van der Waals surface area contributed by atoms with Crippen LogP contribution in [-0.2, 0) is 4.74 Å². The van der Waals surface area contributed by atoms with Crippen LogP contribution in [0.3, 0.4) is 0 Å². The Balaban J connectivity index is 2.41. The average Bonchev–Trinajstić information content (AvgIpc) is 2.27. The molecule has 0 bridgehead atoms. The van der Waals surface area contributed by atoms with Gasteiger partial charge in [-0.2, -0.15) is 0 Å². The summed E-state index contributed by atoms with van der Waals surface area (Å²) in [6, 6.07) is 5.17. The van der Waals surface area contributed by atoms with Crippen molar-refractivity contribution in [2.45, 2.75) is 13.3 Å². The highest BCUT2D eigenvalue weighted by molar-refractivity contribution is 6.00. The smallest absolute Gasteiger partial charge is 0.261 e. The molecule has 0 saturated heterocycles. The predicted octanol–water partition coefficient (Wildman–Crippen LogP) is 1.59. The van der Waals surface area contributed by atoms with Crippen LogP contribution in [0.5, 0.6) is 0 Å². The van der Waals surface area contributed by atoms with Crippen LogP contribution in [0.1, 0.15) is 15.9 Å². The Morgan fingerprint density at radius 3 is 2.83 bits per heavy atom. The van der Waals surface area contributed by atoms with Gasteiger partial charge in [0.2, 0.25) is 0 Å². The zero-order chi connectivity index (χ0) is 13.5. The number of nitrogen functional groups attached to an aromatic ring is 1. The summed E-state index contributed by atoms with van der Waals surface area (Å²) in [5.74, 6) is -0.328. The van der Waals surface area contributed by atoms with Crippen LogP contribution in [0.25, 0.3) is 0 Å². The topological polar surface area (TPSA) is 64.4 Å². The minimum Gasteiger partial charge on any atom is -0.398 e. The summed E-state index contributed by atoms with van der Waals surface area (Å²) < 4.78 is 28.2. The number of carbonyl (C=O) groups excluding carboxylic acids is 1. The number of carbonyl (C=O) groups is 1. The molecule has 1 rings (SSSR count). The summed E-state index contributed by atoms with van der Waals surface area (Å²) >= 11 is 0. The highest BCUT2D eigenvalue weighted by atomic mass is 19.3. The Morgan fingerprint density at radius 1 is 1.50 bits per heavy atom. The zero-order valence-electron chi connectivity index (χ0n) is 10.1. The molecule has 1 amide bonds. The van der Waals surface area contributed by atoms with Crippen LogP contribution in [0.2, 0.25) is 0 Å². The maximum Gasteiger partial charge on any atom is 0.261 e. The third kappa shape index (κ3) is 4.29. The van der Waals surface area contributed by atoms with Crippen molar-refractivity contribution in [1.82, 2.24) is 5.32 Å². The number of amides is 1. The Kier molecular flexibility index (Phi) is 5.51. The first-order valence-electron chi connectivity index (χ1n) is 5.51. The van der Waals surface area contributed by atoms with Gasteiger partial charge in [0.15, 0.2) is 0 Å². The van der Waals surface area contributed by atoms with Gasteiger partial charge in [-0.15, -0.1) is 0 Å². The first-order valence-corrected chi connectivity index (χ1v) is 5.51. The predicted molar refractivity (Wildman–Crippen MR) is 64.7 cm³/mol. The quantitative estimate of drug-likeness (QED) is 0.601. The largest absolute Gasteiger partial charge is 0.398 e. The first-order chi connectivity index (χ1) is 8.52. The van der Waals surface area contributed by atoms with Crippen molar-refractivity contribution >= 4 is 11.6 Å². The Bertz CT molecular complexity index is 391. The molecule has 0 spiro atoms. The fraction of sp³-hybridized carbons (Fsp3) is 0.417. The SMILES string of the molecule is Cc1cccc(N)c1C(=O)NCCOCC(F)F. The van der Waals surface area contributed by atoms with Crippen LogP contribution >= 0.6 is 0 Å². The molecule has 1 aromatic rings. The molecule has 0 atom stereocenters. The molecule has 0 aliphatic carbocycles. The van der Waals surface area contributed by atoms with Gasteiger partial charge in [-0.1, -0.05) is 12.1 Å². The molecule has 0 radical (unpaired) electrons. The van der Waals surface area contributed by atoms with E-state index < -0.39 is 13.0 Å². The molecule has 0 aliphatic heterocycles. The number of rotatable bonds is 6. The number of nitrogens with two attached hydrogens (primary N) is 1. The second-order valence-electron chi connectivity index (χ2n) is 3.76. The van der Waals surface area contributed by atoms with Crippen LogP contribution in [0.4, 0.5) is 14.5 Å². The summed E-state index contributed by atoms with van der Waals surface area (Å²) in [5, 5.41) is 2.57. The van der Waals surface area contributed by atoms with Crippen molar-refractivity contribution in [1.29, 1.82) is 0 Å². The fourth-order valence-electron chi connectivity index (χ4n) is 1.50. The van der Waals surface area contributed by atoms with Crippen molar-refractivity contribution in [3.8, 4) is 0 Å². The average molecular weight is 258 g/mol. The second-order valence-corrected chi connectivity index (χ2v) is 3.76. The molecule has 0 fully saturated rings. The Hall–Kier alpha value is -1.69. The van der Waals surface area contributed by atoms with E-state index in [0.29, 0.717) is 11.3 Å². The van der Waals surface area contributed by atoms with E-state index in [2.05, 4.69) is 10.1 Å². The summed E-state index contributed by atoms with van der Waals surface area (Å²) in [6.07, 6.45) is -2.49. The number of ether oxygens (including phenoxy) is 1. The van der Waals surface area contributed by atoms with E-state index in [1.54, 1.807) is 25.1 Å². The Morgan fingerprint density at radius 2 is 2.22 bits per heavy atom. The number of nitrogens with one attached hydrogen (secondary N) is 1. The first kappa shape index (κ1) is 14.4. The third-order valence-corrected chi connectivity index (χ3v) is 2.31. The summed E-state index contributed by atoms with van der Waals surface area (Å²) in [7, 11) is 0. The molecule has 0 heterocycles. The minimum absolute atomic E-state index is 0.0435. The number of hydrogen-bond donors (Lipinski definition) is 2. The fourth-order valence-corrected chi connectivity index (χ4v) is 1.50. The van der Waals surface area contributed by atoms with Crippen LogP contribution in [0.15, 0.2) is 18.2 Å². The monoisotopic (exact) mass is 258 g/mol. The molecule has 0 unspecified atom stereocenters. The lowest BCUT2D eigenvalue weighted by molar-refractivity contribution is 0.0188. The van der Waals surface area contributed by atoms with Crippen molar-refractivity contribution in [3.63, 3.8) is 0 Å². The lowest BCUT2D eigenvalue weighted by Crippen LogP contribution is -2.29. The summed E-state index contributed by atoms with van der Waals surface area (Å²) in [4.78, 5) is 11.8. The van der Waals surface area contributed by atoms with E-state index in [0.717, 1.165) is 5.56 Å². The normalized spacial score (nSPS) is 10.7. The number of anilines is 1. The van der Waals surface area contributed by atoms with E-state index in [1.165, 1.54) is 0 Å². The van der Waals surface area contributed by atoms with Crippen LogP contribution < -0.4 is 11.1 Å². The number of alkyl halides is 2. The van der Waals surface area contributed by atoms with Crippen molar-refractivity contribution < 1.29 is 18.3 Å². The molecule has 4 nitrogen and oxygen atoms in total. The highest BCUT2D eigenvalue weighted by Gasteiger charge is 2.11. The van der Waals surface area contributed by atoms with Crippen molar-refractivity contribution in [2.75, 3.05) is 25.5 Å². The molecule has 0 saturated carbocycles. The van der Waals surface area contributed by atoms with E-state index in [1.807, 2.05) is 0 Å². The number of aryl methyl sites for hydroxylation is 1. The lowest BCUT2D eigenvalue weighted by atomic mass is 10.1. The molecule has 100 valence electrons. The maximum atomic E-state index is 11.8. The van der Waals surface area contributed by atoms with E-state index in [4.69, 9.17) is 5.73 Å². The van der Waals surface area contributed by atoms with Gasteiger partial charge in [0.1, 0.15) is 6.61 Å². The molecular weight excluding hydrogens is 242 g/mol. The van der Waals surface area contributed by atoms with E-state index in [9.17, 15) is 13.6 Å². The number of halogens is 2. The summed E-state index contributed by atoms with van der Waals surface area (Å²) in [5.41, 5.74) is 7.26. The van der Waals surface area contributed by atoms with Crippen molar-refractivity contribution in [3.05, 3.63) is 29.3 Å². The standard InChI is InChI=1S/C12H16F2N2O2/c1-8-3-2-4-9(15)11(8)12(17)16-5-6-18-7-10(13)14/h2-4,10H,5-7,15H2,1H3,(H,16,17).